The second-order valence-corrected chi connectivity index (χ2v) is 8.25. The van der Waals surface area contributed by atoms with Crippen molar-refractivity contribution in [2.45, 2.75) is 26.4 Å². The van der Waals surface area contributed by atoms with Gasteiger partial charge in [-0.15, -0.1) is 5.53 Å². The van der Waals surface area contributed by atoms with Crippen LogP contribution in [0.1, 0.15) is 28.1 Å². The quantitative estimate of drug-likeness (QED) is 0.643. The average Bonchev–Trinajstić information content (AvgIpc) is 3.08. The molecule has 0 radical (unpaired) electrons. The Labute approximate surface area is 186 Å². The van der Waals surface area contributed by atoms with E-state index in [0.29, 0.717) is 33.2 Å². The maximum absolute atomic E-state index is 12.3. The van der Waals surface area contributed by atoms with E-state index in [1.807, 2.05) is 71.4 Å². The van der Waals surface area contributed by atoms with Gasteiger partial charge < -0.3 is 9.84 Å². The number of nitrogens with zero attached hydrogens (tertiary/aromatic N) is 4. The third-order valence-electron chi connectivity index (χ3n) is 5.69. The molecule has 0 amide bonds. The van der Waals surface area contributed by atoms with Crippen molar-refractivity contribution in [3.8, 4) is 5.88 Å². The Balaban J connectivity index is 2.01. The molecule has 7 nitrogen and oxygen atoms in total. The van der Waals surface area contributed by atoms with E-state index in [-0.39, 0.29) is 0 Å². The number of nitrogens with one attached hydrogen (secondary N) is 1. The fourth-order valence-corrected chi connectivity index (χ4v) is 4.39. The molecule has 2 aromatic heterocycles. The minimum absolute atomic E-state index is 0.489. The zero-order valence-corrected chi connectivity index (χ0v) is 19.2. The van der Waals surface area contributed by atoms with Crippen molar-refractivity contribution in [2.75, 3.05) is 21.2 Å². The van der Waals surface area contributed by atoms with Gasteiger partial charge in [-0.1, -0.05) is 23.7 Å². The monoisotopic (exact) mass is 439 g/mol. The lowest BCUT2D eigenvalue weighted by Gasteiger charge is -2.34. The number of hydrazine groups is 2. The molecule has 0 bridgehead atoms. The van der Waals surface area contributed by atoms with E-state index in [0.717, 1.165) is 22.3 Å². The van der Waals surface area contributed by atoms with Gasteiger partial charge in [-0.3, -0.25) is 15.0 Å². The van der Waals surface area contributed by atoms with Gasteiger partial charge >= 0.3 is 0 Å². The van der Waals surface area contributed by atoms with Crippen LogP contribution in [0.3, 0.4) is 0 Å². The van der Waals surface area contributed by atoms with Crippen LogP contribution in [0, 0.1) is 20.8 Å². The van der Waals surface area contributed by atoms with E-state index in [1.165, 1.54) is 0 Å². The third-order valence-corrected chi connectivity index (χ3v) is 6.17. The zero-order valence-electron chi connectivity index (χ0n) is 18.5. The van der Waals surface area contributed by atoms with Crippen molar-refractivity contribution in [2.24, 2.45) is 0 Å². The van der Waals surface area contributed by atoms with Crippen molar-refractivity contribution in [1.29, 1.82) is 0 Å². The van der Waals surface area contributed by atoms with Crippen molar-refractivity contribution in [1.82, 2.24) is 25.5 Å². The number of ether oxygens (including phenoxy) is 1. The van der Waals surface area contributed by atoms with Crippen molar-refractivity contribution < 1.29 is 9.84 Å². The molecular weight excluding hydrogens is 414 g/mol. The number of hydrogen-bond acceptors (Lipinski definition) is 7. The highest BCUT2D eigenvalue weighted by Gasteiger charge is 2.42. The lowest BCUT2D eigenvalue weighted by Crippen LogP contribution is -2.42. The van der Waals surface area contributed by atoms with Crippen LogP contribution in [0.4, 0.5) is 0 Å². The summed E-state index contributed by atoms with van der Waals surface area (Å²) in [5.74, 6) is 0.489. The first kappa shape index (κ1) is 21.4. The Morgan fingerprint density at radius 3 is 2.45 bits per heavy atom. The molecular formula is C23H26ClN5O2. The SMILES string of the molecule is COc1nc2ccc(C(O)(C3=CN(C)NN3C)c3ccc(C)nc3C)cc2c(Cl)c1C. The fraction of sp³-hybridized carbons (Fsp3) is 0.304. The molecule has 162 valence electrons. The molecule has 31 heavy (non-hydrogen) atoms. The van der Waals surface area contributed by atoms with Crippen molar-refractivity contribution in [3.63, 3.8) is 0 Å². The molecule has 2 N–H and O–H groups in total. The summed E-state index contributed by atoms with van der Waals surface area (Å²) in [5, 5.41) is 17.2. The second kappa shape index (κ2) is 7.67. The minimum atomic E-state index is -1.47. The normalized spacial score (nSPS) is 15.9. The lowest BCUT2D eigenvalue weighted by atomic mass is 9.82. The number of methoxy groups -OCH3 is 1. The first-order chi connectivity index (χ1) is 14.7. The average molecular weight is 440 g/mol. The van der Waals surface area contributed by atoms with Crippen LogP contribution in [0.15, 0.2) is 42.2 Å². The highest BCUT2D eigenvalue weighted by Crippen LogP contribution is 2.42. The number of hydrogen-bond donors (Lipinski definition) is 2. The van der Waals surface area contributed by atoms with Crippen LogP contribution in [0.25, 0.3) is 10.9 Å². The summed E-state index contributed by atoms with van der Waals surface area (Å²) in [7, 11) is 5.31. The third kappa shape index (κ3) is 3.39. The highest BCUT2D eigenvalue weighted by atomic mass is 35.5. The van der Waals surface area contributed by atoms with E-state index in [2.05, 4.69) is 15.5 Å². The van der Waals surface area contributed by atoms with Gasteiger partial charge in [0, 0.05) is 48.2 Å². The minimum Gasteiger partial charge on any atom is -0.481 e. The summed E-state index contributed by atoms with van der Waals surface area (Å²) in [6.45, 7) is 5.71. The first-order valence-electron chi connectivity index (χ1n) is 9.93. The Kier molecular flexibility index (Phi) is 5.29. The number of halogens is 1. The first-order valence-corrected chi connectivity index (χ1v) is 10.3. The van der Waals surface area contributed by atoms with Gasteiger partial charge in [0.15, 0.2) is 5.60 Å². The largest absolute Gasteiger partial charge is 0.481 e. The second-order valence-electron chi connectivity index (χ2n) is 7.87. The van der Waals surface area contributed by atoms with E-state index < -0.39 is 5.60 Å². The summed E-state index contributed by atoms with van der Waals surface area (Å²) < 4.78 is 5.35. The number of likely N-dealkylation sites (N-methyl/N-ethyl adjacent to an activating group) is 1. The highest BCUT2D eigenvalue weighted by molar-refractivity contribution is 6.36. The lowest BCUT2D eigenvalue weighted by molar-refractivity contribution is 0.0710. The number of aliphatic hydroxyl groups is 1. The summed E-state index contributed by atoms with van der Waals surface area (Å²) in [6.07, 6.45) is 1.86. The number of pyridine rings is 2. The molecule has 3 aromatic rings. The standard InChI is InChI=1S/C23H26ClN5O2/c1-13-7-9-18(15(3)25-13)23(30,20-12-28(4)27-29(20)5)16-8-10-19-17(11-16)21(24)14(2)22(26-19)31-6/h7-12,27,30H,1-6H3. The van der Waals surface area contributed by atoms with E-state index in [1.54, 1.807) is 17.1 Å². The number of benzene rings is 1. The van der Waals surface area contributed by atoms with Gasteiger partial charge in [0.2, 0.25) is 5.88 Å². The van der Waals surface area contributed by atoms with E-state index in [4.69, 9.17) is 16.3 Å². The summed E-state index contributed by atoms with van der Waals surface area (Å²) >= 11 is 6.68. The summed E-state index contributed by atoms with van der Waals surface area (Å²) in [6, 6.07) is 9.45. The Morgan fingerprint density at radius 2 is 1.84 bits per heavy atom. The van der Waals surface area contributed by atoms with Gasteiger partial charge in [-0.25, -0.2) is 4.98 Å². The van der Waals surface area contributed by atoms with Crippen molar-refractivity contribution in [3.05, 3.63) is 75.3 Å². The predicted molar refractivity (Wildman–Crippen MR) is 121 cm³/mol. The van der Waals surface area contributed by atoms with Gasteiger partial charge in [-0.05, 0) is 44.5 Å². The Morgan fingerprint density at radius 1 is 1.10 bits per heavy atom. The van der Waals surface area contributed by atoms with Crippen molar-refractivity contribution >= 4 is 22.5 Å². The summed E-state index contributed by atoms with van der Waals surface area (Å²) in [4.78, 5) is 9.16. The Hall–Kier alpha value is -2.87. The maximum Gasteiger partial charge on any atom is 0.218 e. The molecule has 1 aromatic carbocycles. The van der Waals surface area contributed by atoms with Gasteiger partial charge in [0.05, 0.1) is 23.3 Å². The van der Waals surface area contributed by atoms with Gasteiger partial charge in [0.25, 0.3) is 0 Å². The van der Waals surface area contributed by atoms with Crippen LogP contribution in [-0.2, 0) is 5.60 Å². The van der Waals surface area contributed by atoms with Crippen LogP contribution >= 0.6 is 11.6 Å². The number of aromatic nitrogens is 2. The number of fused-ring (bicyclic) bond motifs is 1. The molecule has 1 aliphatic heterocycles. The molecule has 3 heterocycles. The van der Waals surface area contributed by atoms with Crippen LogP contribution < -0.4 is 10.3 Å². The molecule has 0 saturated carbocycles. The predicted octanol–water partition coefficient (Wildman–Crippen LogP) is 3.59. The molecule has 4 rings (SSSR count). The Bertz CT molecular complexity index is 1210. The molecule has 0 aliphatic carbocycles. The van der Waals surface area contributed by atoms with Crippen LogP contribution in [0.5, 0.6) is 5.88 Å². The van der Waals surface area contributed by atoms with Crippen LogP contribution in [-0.4, -0.2) is 46.3 Å². The van der Waals surface area contributed by atoms with Gasteiger partial charge in [0.1, 0.15) is 0 Å². The molecule has 1 unspecified atom stereocenters. The van der Waals surface area contributed by atoms with Gasteiger partial charge in [-0.2, -0.15) is 0 Å². The molecule has 1 aliphatic rings. The maximum atomic E-state index is 12.3. The molecule has 8 heteroatoms. The molecule has 0 fully saturated rings. The number of aryl methyl sites for hydroxylation is 2. The molecule has 0 saturated heterocycles. The number of rotatable bonds is 4. The van der Waals surface area contributed by atoms with E-state index in [9.17, 15) is 5.11 Å². The topological polar surface area (TPSA) is 73.8 Å². The van der Waals surface area contributed by atoms with Crippen LogP contribution in [0.2, 0.25) is 5.02 Å². The molecule has 1 atom stereocenters. The van der Waals surface area contributed by atoms with E-state index >= 15 is 0 Å². The smallest absolute Gasteiger partial charge is 0.218 e. The zero-order chi connectivity index (χ0) is 22.5. The fourth-order valence-electron chi connectivity index (χ4n) is 4.16. The molecule has 0 spiro atoms. The summed E-state index contributed by atoms with van der Waals surface area (Å²) in [5.41, 5.74) is 6.80.